The Balaban J connectivity index is 1.65. The van der Waals surface area contributed by atoms with Crippen molar-refractivity contribution in [3.63, 3.8) is 0 Å². The highest BCUT2D eigenvalue weighted by molar-refractivity contribution is 6.35. The van der Waals surface area contributed by atoms with Gasteiger partial charge in [-0.1, -0.05) is 79.5 Å². The van der Waals surface area contributed by atoms with Gasteiger partial charge in [-0.05, 0) is 48.2 Å². The van der Waals surface area contributed by atoms with Crippen LogP contribution in [0.5, 0.6) is 5.75 Å². The molecule has 0 aliphatic heterocycles. The van der Waals surface area contributed by atoms with Gasteiger partial charge in [0.25, 0.3) is 11.8 Å². The Morgan fingerprint density at radius 1 is 1.00 bits per heavy atom. The molecule has 0 aliphatic rings. The van der Waals surface area contributed by atoms with Crippen molar-refractivity contribution in [2.75, 3.05) is 0 Å². The fourth-order valence-electron chi connectivity index (χ4n) is 3.41. The Bertz CT molecular complexity index is 1190. The van der Waals surface area contributed by atoms with E-state index in [2.05, 4.69) is 15.8 Å². The standard InChI is InChI=1S/C26H27Cl2N3O3/c1-16(2)13-23(30-25(32)17(3)34-24-12-11-20(27)14-22(24)28)26(33)31-29-15-19-9-6-8-18-7-4-5-10-21(18)19/h4-12,14-17,23H,13H2,1-3H3,(H,30,32)(H,31,33)/b29-15-/t17-,23+/m0/s1. The van der Waals surface area contributed by atoms with Gasteiger partial charge >= 0.3 is 0 Å². The number of nitrogens with one attached hydrogen (secondary N) is 2. The van der Waals surface area contributed by atoms with Crippen LogP contribution in [0.25, 0.3) is 10.8 Å². The van der Waals surface area contributed by atoms with Crippen LogP contribution >= 0.6 is 23.2 Å². The summed E-state index contributed by atoms with van der Waals surface area (Å²) in [6.07, 6.45) is 1.17. The molecule has 3 aromatic rings. The lowest BCUT2D eigenvalue weighted by Gasteiger charge is -2.22. The molecule has 8 heteroatoms. The van der Waals surface area contributed by atoms with Crippen molar-refractivity contribution in [2.45, 2.75) is 39.3 Å². The summed E-state index contributed by atoms with van der Waals surface area (Å²) in [4.78, 5) is 25.6. The van der Waals surface area contributed by atoms with E-state index in [1.54, 1.807) is 25.3 Å². The van der Waals surface area contributed by atoms with E-state index < -0.39 is 24.0 Å². The summed E-state index contributed by atoms with van der Waals surface area (Å²) in [7, 11) is 0. The second-order valence-corrected chi connectivity index (χ2v) is 9.17. The van der Waals surface area contributed by atoms with Crippen molar-refractivity contribution in [3.8, 4) is 5.75 Å². The number of hydrogen-bond acceptors (Lipinski definition) is 4. The first-order chi connectivity index (χ1) is 16.2. The monoisotopic (exact) mass is 499 g/mol. The highest BCUT2D eigenvalue weighted by atomic mass is 35.5. The Kier molecular flexibility index (Phi) is 8.91. The van der Waals surface area contributed by atoms with Crippen LogP contribution in [0.2, 0.25) is 10.0 Å². The second-order valence-electron chi connectivity index (χ2n) is 8.33. The van der Waals surface area contributed by atoms with Crippen LogP contribution in [0.15, 0.2) is 65.8 Å². The lowest BCUT2D eigenvalue weighted by molar-refractivity contribution is -0.132. The maximum Gasteiger partial charge on any atom is 0.262 e. The molecular weight excluding hydrogens is 473 g/mol. The number of fused-ring (bicyclic) bond motifs is 1. The van der Waals surface area contributed by atoms with Crippen molar-refractivity contribution in [1.82, 2.24) is 10.7 Å². The minimum atomic E-state index is -0.875. The number of carbonyl (C=O) groups is 2. The van der Waals surface area contributed by atoms with E-state index in [1.807, 2.05) is 56.3 Å². The van der Waals surface area contributed by atoms with Gasteiger partial charge in [0, 0.05) is 10.6 Å². The zero-order valence-electron chi connectivity index (χ0n) is 19.2. The smallest absolute Gasteiger partial charge is 0.262 e. The lowest BCUT2D eigenvalue weighted by Crippen LogP contribution is -2.49. The molecule has 3 aromatic carbocycles. The summed E-state index contributed by atoms with van der Waals surface area (Å²) in [5.74, 6) is -0.349. The van der Waals surface area contributed by atoms with Crippen molar-refractivity contribution < 1.29 is 14.3 Å². The number of rotatable bonds is 9. The topological polar surface area (TPSA) is 79.8 Å². The number of hydrogen-bond donors (Lipinski definition) is 2. The van der Waals surface area contributed by atoms with Crippen LogP contribution in [0.3, 0.4) is 0 Å². The summed E-state index contributed by atoms with van der Waals surface area (Å²) in [6, 6.07) is 17.8. The summed E-state index contributed by atoms with van der Waals surface area (Å²) >= 11 is 12.0. The average Bonchev–Trinajstić information content (AvgIpc) is 2.80. The molecule has 0 bridgehead atoms. The lowest BCUT2D eigenvalue weighted by atomic mass is 10.0. The number of hydrazone groups is 1. The largest absolute Gasteiger partial charge is 0.479 e. The first-order valence-corrected chi connectivity index (χ1v) is 11.7. The molecule has 2 amide bonds. The van der Waals surface area contributed by atoms with Gasteiger partial charge < -0.3 is 10.1 Å². The summed E-state index contributed by atoms with van der Waals surface area (Å²) in [5, 5.41) is 9.75. The third kappa shape index (κ3) is 6.95. The molecule has 0 saturated carbocycles. The molecule has 2 atom stereocenters. The molecule has 0 heterocycles. The van der Waals surface area contributed by atoms with Crippen LogP contribution in [0.1, 0.15) is 32.8 Å². The molecule has 0 unspecified atom stereocenters. The van der Waals surface area contributed by atoms with Crippen molar-refractivity contribution in [2.24, 2.45) is 11.0 Å². The third-order valence-corrected chi connectivity index (χ3v) is 5.64. The Morgan fingerprint density at radius 2 is 1.74 bits per heavy atom. The fourth-order valence-corrected chi connectivity index (χ4v) is 3.87. The highest BCUT2D eigenvalue weighted by Gasteiger charge is 2.25. The molecule has 0 saturated heterocycles. The highest BCUT2D eigenvalue weighted by Crippen LogP contribution is 2.28. The maximum absolute atomic E-state index is 12.8. The van der Waals surface area contributed by atoms with E-state index in [9.17, 15) is 9.59 Å². The normalized spacial score (nSPS) is 13.1. The fraction of sp³-hybridized carbons (Fsp3) is 0.269. The van der Waals surface area contributed by atoms with Crippen molar-refractivity contribution in [1.29, 1.82) is 0 Å². The Hall–Kier alpha value is -3.09. The molecule has 0 fully saturated rings. The SMILES string of the molecule is CC(C)C[C@@H](NC(=O)[C@H](C)Oc1ccc(Cl)cc1Cl)C(=O)N/N=C\c1cccc2ccccc12. The minimum absolute atomic E-state index is 0.167. The predicted octanol–water partition coefficient (Wildman–Crippen LogP) is 5.60. The number of benzene rings is 3. The van der Waals surface area contributed by atoms with Crippen LogP contribution in [-0.4, -0.2) is 30.2 Å². The predicted molar refractivity (Wildman–Crippen MR) is 138 cm³/mol. The third-order valence-electron chi connectivity index (χ3n) is 5.11. The number of halogens is 2. The van der Waals surface area contributed by atoms with E-state index in [4.69, 9.17) is 27.9 Å². The van der Waals surface area contributed by atoms with Gasteiger partial charge in [-0.2, -0.15) is 5.10 Å². The molecule has 0 spiro atoms. The van der Waals surface area contributed by atoms with E-state index in [-0.39, 0.29) is 5.92 Å². The summed E-state index contributed by atoms with van der Waals surface area (Å²) in [6.45, 7) is 5.53. The van der Waals surface area contributed by atoms with E-state index >= 15 is 0 Å². The van der Waals surface area contributed by atoms with Crippen molar-refractivity contribution in [3.05, 3.63) is 76.3 Å². The number of nitrogens with zero attached hydrogens (tertiary/aromatic N) is 1. The molecule has 178 valence electrons. The molecular formula is C26H27Cl2N3O3. The molecule has 2 N–H and O–H groups in total. The molecule has 34 heavy (non-hydrogen) atoms. The average molecular weight is 500 g/mol. The first-order valence-electron chi connectivity index (χ1n) is 11.0. The number of amides is 2. The number of ether oxygens (including phenoxy) is 1. The quantitative estimate of drug-likeness (QED) is 0.297. The number of carbonyl (C=O) groups excluding carboxylic acids is 2. The molecule has 0 radical (unpaired) electrons. The Morgan fingerprint density at radius 3 is 2.47 bits per heavy atom. The van der Waals surface area contributed by atoms with Gasteiger partial charge in [0.2, 0.25) is 0 Å². The minimum Gasteiger partial charge on any atom is -0.479 e. The van der Waals surface area contributed by atoms with Crippen LogP contribution in [-0.2, 0) is 9.59 Å². The van der Waals surface area contributed by atoms with Gasteiger partial charge in [-0.25, -0.2) is 5.43 Å². The van der Waals surface area contributed by atoms with E-state index in [1.165, 1.54) is 6.07 Å². The molecule has 0 aromatic heterocycles. The van der Waals surface area contributed by atoms with Gasteiger partial charge in [0.15, 0.2) is 6.10 Å². The van der Waals surface area contributed by atoms with E-state index in [0.29, 0.717) is 22.2 Å². The summed E-state index contributed by atoms with van der Waals surface area (Å²) in [5.41, 5.74) is 3.43. The van der Waals surface area contributed by atoms with E-state index in [0.717, 1.165) is 16.3 Å². The van der Waals surface area contributed by atoms with Gasteiger partial charge in [0.1, 0.15) is 11.8 Å². The first kappa shape index (κ1) is 25.5. The molecule has 3 rings (SSSR count). The Labute approximate surface area is 209 Å². The second kappa shape index (κ2) is 11.9. The zero-order valence-corrected chi connectivity index (χ0v) is 20.7. The van der Waals surface area contributed by atoms with Crippen LogP contribution in [0.4, 0.5) is 0 Å². The molecule has 6 nitrogen and oxygen atoms in total. The van der Waals surface area contributed by atoms with Gasteiger partial charge in [-0.3, -0.25) is 9.59 Å². The van der Waals surface area contributed by atoms with Crippen molar-refractivity contribution >= 4 is 52.0 Å². The zero-order chi connectivity index (χ0) is 24.7. The van der Waals surface area contributed by atoms with Gasteiger partial charge in [-0.15, -0.1) is 0 Å². The molecule has 0 aliphatic carbocycles. The van der Waals surface area contributed by atoms with Crippen LogP contribution < -0.4 is 15.5 Å². The summed E-state index contributed by atoms with van der Waals surface area (Å²) < 4.78 is 5.66. The maximum atomic E-state index is 12.8. The van der Waals surface area contributed by atoms with Crippen LogP contribution in [0, 0.1) is 5.92 Å². The van der Waals surface area contributed by atoms with Gasteiger partial charge in [0.05, 0.1) is 11.2 Å².